The lowest BCUT2D eigenvalue weighted by atomic mass is 9.86. The summed E-state index contributed by atoms with van der Waals surface area (Å²) >= 11 is 11.4. The highest BCUT2D eigenvalue weighted by Gasteiger charge is 2.31. The van der Waals surface area contributed by atoms with Gasteiger partial charge >= 0.3 is 6.09 Å². The predicted molar refractivity (Wildman–Crippen MR) is 131 cm³/mol. The van der Waals surface area contributed by atoms with Crippen molar-refractivity contribution < 1.29 is 24.2 Å². The molecular weight excluding hydrogens is 465 g/mol. The number of carbonyl (C=O) groups excluding carboxylic acids is 3. The highest BCUT2D eigenvalue weighted by atomic mass is 35.5. The van der Waals surface area contributed by atoms with Gasteiger partial charge in [-0.2, -0.15) is 0 Å². The Morgan fingerprint density at radius 2 is 1.36 bits per heavy atom. The first-order valence-corrected chi connectivity index (χ1v) is 12.7. The molecule has 1 aliphatic carbocycles. The van der Waals surface area contributed by atoms with Gasteiger partial charge in [0.1, 0.15) is 5.76 Å². The number of hydrogen-bond donors (Lipinski definition) is 1. The Hall–Kier alpha value is -2.05. The molecule has 0 saturated carbocycles. The minimum atomic E-state index is -0.583. The van der Waals surface area contributed by atoms with Gasteiger partial charge in [0.15, 0.2) is 0 Å². The van der Waals surface area contributed by atoms with Gasteiger partial charge in [-0.1, -0.05) is 62.8 Å². The molecule has 6 nitrogen and oxygen atoms in total. The number of fused-ring (bicyclic) bond motifs is 1. The number of ether oxygens (including phenoxy) is 1. The highest BCUT2D eigenvalue weighted by Crippen LogP contribution is 2.30. The summed E-state index contributed by atoms with van der Waals surface area (Å²) in [6.07, 6.45) is 7.86. The third-order valence-corrected chi connectivity index (χ3v) is 6.04. The minimum Gasteiger partial charge on any atom is -0.507 e. The van der Waals surface area contributed by atoms with Crippen molar-refractivity contribution in [3.8, 4) is 0 Å². The third kappa shape index (κ3) is 8.35. The van der Waals surface area contributed by atoms with Gasteiger partial charge in [-0.3, -0.25) is 9.59 Å². The van der Waals surface area contributed by atoms with Gasteiger partial charge in [-0.05, 0) is 19.3 Å². The number of benzene rings is 1. The van der Waals surface area contributed by atoms with Gasteiger partial charge in [0.2, 0.25) is 11.6 Å². The Morgan fingerprint density at radius 1 is 0.818 bits per heavy atom. The number of ketones is 2. The number of rotatable bonds is 15. The number of allylic oxidation sites excluding steroid dienone is 1. The number of aliphatic hydroxyl groups is 1. The fraction of sp³-hybridized carbons (Fsp3) is 0.560. The second kappa shape index (κ2) is 15.0. The third-order valence-electron chi connectivity index (χ3n) is 5.71. The van der Waals surface area contributed by atoms with Crippen molar-refractivity contribution in [3.05, 3.63) is 41.0 Å². The van der Waals surface area contributed by atoms with Gasteiger partial charge in [-0.15, -0.1) is 23.2 Å². The molecule has 0 fully saturated rings. The fourth-order valence-corrected chi connectivity index (χ4v) is 4.27. The zero-order valence-corrected chi connectivity index (χ0v) is 20.5. The van der Waals surface area contributed by atoms with Crippen LogP contribution < -0.4 is 0 Å². The molecule has 33 heavy (non-hydrogen) atoms. The number of aliphatic hydroxyl groups excluding tert-OH is 1. The lowest BCUT2D eigenvalue weighted by molar-refractivity contribution is -0.112. The summed E-state index contributed by atoms with van der Waals surface area (Å²) in [7, 11) is 0. The maximum Gasteiger partial charge on any atom is 0.409 e. The SMILES string of the molecule is O=C1C(=O)c2ccccc2C(O)=C1CCCCCCCCCCOC(=O)N(CCCl)CCCl. The quantitative estimate of drug-likeness (QED) is 0.178. The largest absolute Gasteiger partial charge is 0.507 e. The average Bonchev–Trinajstić information content (AvgIpc) is 2.82. The molecule has 0 aromatic heterocycles. The maximum absolute atomic E-state index is 12.3. The molecule has 0 unspecified atom stereocenters. The van der Waals surface area contributed by atoms with E-state index in [4.69, 9.17) is 27.9 Å². The van der Waals surface area contributed by atoms with Crippen LogP contribution in [0.2, 0.25) is 0 Å². The molecule has 1 aromatic rings. The molecule has 182 valence electrons. The van der Waals surface area contributed by atoms with E-state index in [-0.39, 0.29) is 23.0 Å². The van der Waals surface area contributed by atoms with E-state index in [1.807, 2.05) is 0 Å². The van der Waals surface area contributed by atoms with E-state index in [2.05, 4.69) is 0 Å². The van der Waals surface area contributed by atoms with Crippen LogP contribution in [0.5, 0.6) is 0 Å². The van der Waals surface area contributed by atoms with E-state index in [9.17, 15) is 19.5 Å². The number of unbranched alkanes of at least 4 members (excludes halogenated alkanes) is 7. The maximum atomic E-state index is 12.3. The molecule has 0 bridgehead atoms. The van der Waals surface area contributed by atoms with Crippen molar-refractivity contribution in [2.45, 2.75) is 57.8 Å². The zero-order chi connectivity index (χ0) is 24.1. The first kappa shape index (κ1) is 27.2. The van der Waals surface area contributed by atoms with Gasteiger partial charge in [0.05, 0.1) is 6.61 Å². The number of amides is 1. The molecule has 0 spiro atoms. The van der Waals surface area contributed by atoms with Crippen LogP contribution in [0.1, 0.15) is 73.7 Å². The van der Waals surface area contributed by atoms with E-state index in [1.54, 1.807) is 24.3 Å². The number of alkyl halides is 2. The average molecular weight is 498 g/mol. The summed E-state index contributed by atoms with van der Waals surface area (Å²) < 4.78 is 5.27. The number of carbonyl (C=O) groups is 3. The molecule has 2 rings (SSSR count). The molecule has 1 aliphatic rings. The van der Waals surface area contributed by atoms with Crippen molar-refractivity contribution in [2.24, 2.45) is 0 Å². The van der Waals surface area contributed by atoms with E-state index >= 15 is 0 Å². The standard InChI is InChI=1S/C25H33Cl2NO5/c26-14-16-28(17-15-27)25(32)33-18-10-6-4-2-1-3-5-7-13-21-22(29)19-11-8-9-12-20(19)23(30)24(21)31/h8-9,11-12,29H,1-7,10,13-18H2. The van der Waals surface area contributed by atoms with Crippen LogP contribution in [-0.4, -0.2) is 59.1 Å². The lowest BCUT2D eigenvalue weighted by Gasteiger charge is -2.19. The molecule has 1 aromatic carbocycles. The van der Waals surface area contributed by atoms with Crippen LogP contribution in [-0.2, 0) is 9.53 Å². The second-order valence-corrected chi connectivity index (χ2v) is 8.84. The van der Waals surface area contributed by atoms with Crippen LogP contribution in [0.3, 0.4) is 0 Å². The molecule has 1 N–H and O–H groups in total. The summed E-state index contributed by atoms with van der Waals surface area (Å²) in [5.41, 5.74) is 0.971. The smallest absolute Gasteiger partial charge is 0.409 e. The second-order valence-electron chi connectivity index (χ2n) is 8.09. The van der Waals surface area contributed by atoms with Gasteiger partial charge < -0.3 is 14.7 Å². The van der Waals surface area contributed by atoms with Crippen LogP contribution in [0, 0.1) is 0 Å². The lowest BCUT2D eigenvalue weighted by Crippen LogP contribution is -2.35. The summed E-state index contributed by atoms with van der Waals surface area (Å²) in [6.45, 7) is 1.26. The Kier molecular flexibility index (Phi) is 12.3. The molecule has 0 saturated heterocycles. The first-order chi connectivity index (χ1) is 16.0. The Morgan fingerprint density at radius 3 is 1.97 bits per heavy atom. The number of halogens is 2. The summed E-state index contributed by atoms with van der Waals surface area (Å²) in [6, 6.07) is 6.68. The van der Waals surface area contributed by atoms with Crippen molar-refractivity contribution in [1.82, 2.24) is 4.90 Å². The highest BCUT2D eigenvalue weighted by molar-refractivity contribution is 6.52. The Balaban J connectivity index is 1.55. The van der Waals surface area contributed by atoms with E-state index < -0.39 is 11.6 Å². The zero-order valence-electron chi connectivity index (χ0n) is 19.0. The number of nitrogens with zero attached hydrogens (tertiary/aromatic N) is 1. The Bertz CT molecular complexity index is 834. The summed E-state index contributed by atoms with van der Waals surface area (Å²) in [5, 5.41) is 10.4. The number of hydrogen-bond acceptors (Lipinski definition) is 5. The first-order valence-electron chi connectivity index (χ1n) is 11.7. The topological polar surface area (TPSA) is 83.9 Å². The summed E-state index contributed by atoms with van der Waals surface area (Å²) in [4.78, 5) is 38.0. The number of Topliss-reactive ketones (excluding diaryl/α,β-unsaturated/α-hetero) is 2. The molecule has 0 radical (unpaired) electrons. The molecule has 0 atom stereocenters. The molecule has 1 amide bonds. The van der Waals surface area contributed by atoms with Crippen molar-refractivity contribution in [2.75, 3.05) is 31.5 Å². The van der Waals surface area contributed by atoms with Gasteiger partial charge in [0.25, 0.3) is 0 Å². The van der Waals surface area contributed by atoms with E-state index in [1.165, 1.54) is 4.90 Å². The Labute approximate surface area is 205 Å². The van der Waals surface area contributed by atoms with Crippen molar-refractivity contribution in [1.29, 1.82) is 0 Å². The minimum absolute atomic E-state index is 0.0515. The fourth-order valence-electron chi connectivity index (χ4n) is 3.86. The van der Waals surface area contributed by atoms with E-state index in [0.29, 0.717) is 43.4 Å². The van der Waals surface area contributed by atoms with Crippen LogP contribution in [0.4, 0.5) is 4.79 Å². The normalized spacial score (nSPS) is 13.3. The van der Waals surface area contributed by atoms with Gasteiger partial charge in [0, 0.05) is 41.5 Å². The predicted octanol–water partition coefficient (Wildman–Crippen LogP) is 6.15. The molecule has 8 heteroatoms. The van der Waals surface area contributed by atoms with Crippen LogP contribution in [0.25, 0.3) is 5.76 Å². The molecular formula is C25H33Cl2NO5. The van der Waals surface area contributed by atoms with Crippen molar-refractivity contribution in [3.63, 3.8) is 0 Å². The monoisotopic (exact) mass is 497 g/mol. The van der Waals surface area contributed by atoms with Crippen LogP contribution >= 0.6 is 23.2 Å². The molecule has 0 heterocycles. The van der Waals surface area contributed by atoms with Crippen LogP contribution in [0.15, 0.2) is 29.8 Å². The summed E-state index contributed by atoms with van der Waals surface area (Å²) in [5.74, 6) is -0.458. The van der Waals surface area contributed by atoms with Crippen molar-refractivity contribution >= 4 is 46.6 Å². The van der Waals surface area contributed by atoms with E-state index in [0.717, 1.165) is 51.4 Å². The van der Waals surface area contributed by atoms with Gasteiger partial charge in [-0.25, -0.2) is 4.79 Å². The molecule has 0 aliphatic heterocycles.